The smallest absolute Gasteiger partial charge is 0.434 e. The summed E-state index contributed by atoms with van der Waals surface area (Å²) >= 11 is 0. The molecule has 2 aromatic heterocycles. The van der Waals surface area contributed by atoms with E-state index in [-0.39, 0.29) is 6.61 Å². The Morgan fingerprint density at radius 3 is 2.68 bits per heavy atom. The maximum atomic E-state index is 11.7. The van der Waals surface area contributed by atoms with Gasteiger partial charge in [-0.2, -0.15) is 0 Å². The van der Waals surface area contributed by atoms with Crippen LogP contribution in [-0.4, -0.2) is 27.1 Å². The van der Waals surface area contributed by atoms with Crippen molar-refractivity contribution in [2.75, 3.05) is 6.61 Å². The zero-order chi connectivity index (χ0) is 15.5. The lowest BCUT2D eigenvalue weighted by molar-refractivity contribution is 0.102. The highest BCUT2D eigenvalue weighted by Gasteiger charge is 2.19. The topological polar surface area (TPSA) is 65.7 Å². The lowest BCUT2D eigenvalue weighted by atomic mass is 10.2. The molecule has 0 spiro atoms. The summed E-state index contributed by atoms with van der Waals surface area (Å²) in [6.45, 7) is 3.84. The minimum atomic E-state index is -0.762. The summed E-state index contributed by atoms with van der Waals surface area (Å²) < 4.78 is 11.8. The van der Waals surface area contributed by atoms with Crippen LogP contribution in [0.15, 0.2) is 42.6 Å². The number of hydrogen-bond donors (Lipinski definition) is 0. The van der Waals surface area contributed by atoms with Crippen LogP contribution >= 0.6 is 0 Å². The molecule has 1 aromatic carbocycles. The monoisotopic (exact) mass is 297 g/mol. The fraction of sp³-hybridized carbons (Fsp3) is 0.188. The standard InChI is InChI=1S/C16H15N3O3/c1-3-21-16(20)22-14-13(12-7-5-4-6-8-12)18-15-17-11(2)9-10-19(14)15/h4-10H,3H2,1-2H3. The maximum absolute atomic E-state index is 11.7. The van der Waals surface area contributed by atoms with E-state index >= 15 is 0 Å². The molecule has 112 valence electrons. The van der Waals surface area contributed by atoms with E-state index in [9.17, 15) is 4.79 Å². The van der Waals surface area contributed by atoms with Gasteiger partial charge in [0.2, 0.25) is 11.7 Å². The number of nitrogens with zero attached hydrogens (tertiary/aromatic N) is 3. The molecule has 0 amide bonds. The molecule has 0 aliphatic heterocycles. The fourth-order valence-electron chi connectivity index (χ4n) is 2.11. The first-order valence-corrected chi connectivity index (χ1v) is 6.94. The van der Waals surface area contributed by atoms with Gasteiger partial charge in [0.1, 0.15) is 5.69 Å². The Kier molecular flexibility index (Phi) is 3.74. The molecule has 6 nitrogen and oxygen atoms in total. The van der Waals surface area contributed by atoms with Crippen LogP contribution in [-0.2, 0) is 4.74 Å². The number of aromatic nitrogens is 3. The summed E-state index contributed by atoms with van der Waals surface area (Å²) in [7, 11) is 0. The fourth-order valence-corrected chi connectivity index (χ4v) is 2.11. The third-order valence-corrected chi connectivity index (χ3v) is 3.08. The summed E-state index contributed by atoms with van der Waals surface area (Å²) in [4.78, 5) is 20.5. The Bertz CT molecular complexity index is 812. The molecule has 3 aromatic rings. The molecule has 0 aliphatic carbocycles. The van der Waals surface area contributed by atoms with Gasteiger partial charge >= 0.3 is 6.16 Å². The average Bonchev–Trinajstić information content (AvgIpc) is 2.86. The third kappa shape index (κ3) is 2.63. The molecular weight excluding hydrogens is 282 g/mol. The van der Waals surface area contributed by atoms with E-state index in [1.807, 2.05) is 43.3 Å². The second-order valence-electron chi connectivity index (χ2n) is 4.66. The van der Waals surface area contributed by atoms with Gasteiger partial charge in [-0.05, 0) is 19.9 Å². The van der Waals surface area contributed by atoms with Crippen LogP contribution in [0.3, 0.4) is 0 Å². The minimum absolute atomic E-state index is 0.244. The lowest BCUT2D eigenvalue weighted by Gasteiger charge is -2.06. The molecule has 0 radical (unpaired) electrons. The van der Waals surface area contributed by atoms with Gasteiger partial charge in [-0.15, -0.1) is 0 Å². The van der Waals surface area contributed by atoms with Crippen LogP contribution in [0.4, 0.5) is 4.79 Å². The van der Waals surface area contributed by atoms with Crippen molar-refractivity contribution in [1.29, 1.82) is 0 Å². The second-order valence-corrected chi connectivity index (χ2v) is 4.66. The number of imidazole rings is 1. The Balaban J connectivity index is 2.15. The van der Waals surface area contributed by atoms with Crippen molar-refractivity contribution in [2.24, 2.45) is 0 Å². The molecule has 0 saturated heterocycles. The summed E-state index contributed by atoms with van der Waals surface area (Å²) in [5, 5.41) is 0. The first-order chi connectivity index (χ1) is 10.7. The van der Waals surface area contributed by atoms with Gasteiger partial charge in [0.25, 0.3) is 0 Å². The van der Waals surface area contributed by atoms with E-state index < -0.39 is 6.16 Å². The molecule has 0 unspecified atom stereocenters. The van der Waals surface area contributed by atoms with Crippen molar-refractivity contribution in [1.82, 2.24) is 14.4 Å². The number of fused-ring (bicyclic) bond motifs is 1. The van der Waals surface area contributed by atoms with Gasteiger partial charge in [0.15, 0.2) is 0 Å². The highest BCUT2D eigenvalue weighted by molar-refractivity contribution is 5.73. The van der Waals surface area contributed by atoms with Crippen LogP contribution in [0.25, 0.3) is 17.0 Å². The average molecular weight is 297 g/mol. The first kappa shape index (κ1) is 14.1. The van der Waals surface area contributed by atoms with Crippen molar-refractivity contribution in [3.8, 4) is 17.1 Å². The van der Waals surface area contributed by atoms with Crippen LogP contribution in [0.2, 0.25) is 0 Å². The van der Waals surface area contributed by atoms with E-state index in [0.717, 1.165) is 11.3 Å². The van der Waals surface area contributed by atoms with Crippen molar-refractivity contribution < 1.29 is 14.3 Å². The second kappa shape index (κ2) is 5.85. The molecule has 0 aliphatic rings. The Morgan fingerprint density at radius 2 is 1.95 bits per heavy atom. The Morgan fingerprint density at radius 1 is 1.18 bits per heavy atom. The molecule has 0 fully saturated rings. The van der Waals surface area contributed by atoms with E-state index in [2.05, 4.69) is 9.97 Å². The number of carbonyl (C=O) groups is 1. The SMILES string of the molecule is CCOC(=O)Oc1c(-c2ccccc2)nc2nc(C)ccn12. The number of ether oxygens (including phenoxy) is 2. The van der Waals surface area contributed by atoms with Crippen LogP contribution in [0, 0.1) is 6.92 Å². The predicted molar refractivity (Wildman–Crippen MR) is 80.8 cm³/mol. The first-order valence-electron chi connectivity index (χ1n) is 6.94. The Labute approximate surface area is 127 Å². The van der Waals surface area contributed by atoms with E-state index in [4.69, 9.17) is 9.47 Å². The highest BCUT2D eigenvalue weighted by Crippen LogP contribution is 2.30. The quantitative estimate of drug-likeness (QED) is 0.694. The molecule has 0 atom stereocenters. The summed E-state index contributed by atoms with van der Waals surface area (Å²) in [5.41, 5.74) is 2.22. The zero-order valence-electron chi connectivity index (χ0n) is 12.3. The van der Waals surface area contributed by atoms with E-state index in [0.29, 0.717) is 17.4 Å². The van der Waals surface area contributed by atoms with Crippen LogP contribution in [0.1, 0.15) is 12.6 Å². The molecule has 22 heavy (non-hydrogen) atoms. The van der Waals surface area contributed by atoms with Gasteiger partial charge in [0.05, 0.1) is 6.61 Å². The summed E-state index contributed by atoms with van der Waals surface area (Å²) in [5.74, 6) is 0.769. The lowest BCUT2D eigenvalue weighted by Crippen LogP contribution is -2.12. The number of rotatable bonds is 3. The third-order valence-electron chi connectivity index (χ3n) is 3.08. The van der Waals surface area contributed by atoms with Gasteiger partial charge in [-0.25, -0.2) is 14.8 Å². The highest BCUT2D eigenvalue weighted by atomic mass is 16.7. The van der Waals surface area contributed by atoms with Crippen molar-refractivity contribution in [3.05, 3.63) is 48.3 Å². The molecule has 0 saturated carbocycles. The predicted octanol–water partition coefficient (Wildman–Crippen LogP) is 3.24. The molecular formula is C16H15N3O3. The zero-order valence-corrected chi connectivity index (χ0v) is 12.3. The van der Waals surface area contributed by atoms with Crippen molar-refractivity contribution in [2.45, 2.75) is 13.8 Å². The van der Waals surface area contributed by atoms with E-state index in [1.165, 1.54) is 0 Å². The van der Waals surface area contributed by atoms with Crippen LogP contribution in [0.5, 0.6) is 5.88 Å². The maximum Gasteiger partial charge on any atom is 0.515 e. The number of aryl methyl sites for hydroxylation is 1. The number of carbonyl (C=O) groups excluding carboxylic acids is 1. The van der Waals surface area contributed by atoms with Gasteiger partial charge in [-0.1, -0.05) is 30.3 Å². The largest absolute Gasteiger partial charge is 0.515 e. The van der Waals surface area contributed by atoms with Crippen molar-refractivity contribution in [3.63, 3.8) is 0 Å². The summed E-state index contributed by atoms with van der Waals surface area (Å²) in [6, 6.07) is 11.3. The number of benzene rings is 1. The minimum Gasteiger partial charge on any atom is -0.434 e. The molecule has 0 N–H and O–H groups in total. The summed E-state index contributed by atoms with van der Waals surface area (Å²) in [6.07, 6.45) is 1.01. The molecule has 0 bridgehead atoms. The molecule has 3 rings (SSSR count). The number of hydrogen-bond acceptors (Lipinski definition) is 5. The van der Waals surface area contributed by atoms with Gasteiger partial charge in [-0.3, -0.25) is 4.40 Å². The molecule has 2 heterocycles. The van der Waals surface area contributed by atoms with Gasteiger partial charge < -0.3 is 9.47 Å². The van der Waals surface area contributed by atoms with E-state index in [1.54, 1.807) is 17.5 Å². The van der Waals surface area contributed by atoms with Gasteiger partial charge in [0, 0.05) is 17.5 Å². The van der Waals surface area contributed by atoms with Crippen LogP contribution < -0.4 is 4.74 Å². The Hall–Kier alpha value is -2.89. The van der Waals surface area contributed by atoms with Crippen molar-refractivity contribution >= 4 is 11.9 Å². The normalized spacial score (nSPS) is 10.6. The molecule has 6 heteroatoms.